The normalized spacial score (nSPS) is 11.0. The van der Waals surface area contributed by atoms with Crippen molar-refractivity contribution >= 4 is 28.6 Å². The lowest BCUT2D eigenvalue weighted by molar-refractivity contribution is 0.0953. The molecule has 0 aliphatic carbocycles. The van der Waals surface area contributed by atoms with E-state index in [-0.39, 0.29) is 17.0 Å². The number of aromatic nitrogens is 2. The van der Waals surface area contributed by atoms with E-state index < -0.39 is 0 Å². The van der Waals surface area contributed by atoms with Gasteiger partial charge in [-0.25, -0.2) is 0 Å². The molecule has 0 aliphatic heterocycles. The number of pyridine rings is 1. The lowest BCUT2D eigenvalue weighted by Gasteiger charge is -2.11. The number of benzene rings is 1. The van der Waals surface area contributed by atoms with E-state index in [2.05, 4.69) is 16.4 Å². The number of fused-ring (bicyclic) bond motifs is 1. The molecule has 0 saturated carbocycles. The Bertz CT molecular complexity index is 975. The number of nitrogens with one attached hydrogen (secondary N) is 2. The average molecular weight is 369 g/mol. The maximum atomic E-state index is 12.8. The summed E-state index contributed by atoms with van der Waals surface area (Å²) in [5, 5.41) is 3.99. The topological polar surface area (TPSA) is 66.9 Å². The van der Waals surface area contributed by atoms with Crippen LogP contribution in [0.3, 0.4) is 0 Å². The number of carbonyl (C=O) groups is 1. The highest BCUT2D eigenvalue weighted by Gasteiger charge is 2.15. The second-order valence-electron chi connectivity index (χ2n) is 6.23. The van der Waals surface area contributed by atoms with Crippen molar-refractivity contribution in [2.24, 2.45) is 0 Å². The maximum absolute atomic E-state index is 12.8. The van der Waals surface area contributed by atoms with Gasteiger partial charge in [-0.1, -0.05) is 18.2 Å². The van der Waals surface area contributed by atoms with Crippen molar-refractivity contribution in [2.75, 3.05) is 18.6 Å². The van der Waals surface area contributed by atoms with Gasteiger partial charge >= 0.3 is 0 Å². The summed E-state index contributed by atoms with van der Waals surface area (Å²) in [6, 6.07) is 9.95. The van der Waals surface area contributed by atoms with Gasteiger partial charge in [-0.2, -0.15) is 11.8 Å². The van der Waals surface area contributed by atoms with Gasteiger partial charge in [-0.05, 0) is 42.9 Å². The average Bonchev–Trinajstić information content (AvgIpc) is 3.05. The first-order valence-corrected chi connectivity index (χ1v) is 10.0. The fourth-order valence-corrected chi connectivity index (χ4v) is 3.36. The van der Waals surface area contributed by atoms with E-state index in [1.807, 2.05) is 36.7 Å². The van der Waals surface area contributed by atoms with E-state index in [9.17, 15) is 9.59 Å². The van der Waals surface area contributed by atoms with Gasteiger partial charge in [0, 0.05) is 42.1 Å². The molecule has 2 heterocycles. The minimum atomic E-state index is -0.289. The molecule has 0 spiro atoms. The largest absolute Gasteiger partial charge is 0.361 e. The third-order valence-corrected chi connectivity index (χ3v) is 5.10. The van der Waals surface area contributed by atoms with E-state index in [4.69, 9.17) is 0 Å². The van der Waals surface area contributed by atoms with Crippen LogP contribution in [0.5, 0.6) is 0 Å². The van der Waals surface area contributed by atoms with Crippen LogP contribution in [0.15, 0.2) is 47.5 Å². The molecule has 26 heavy (non-hydrogen) atoms. The molecule has 1 amide bonds. The molecular weight excluding hydrogens is 346 g/mol. The molecule has 2 aromatic heterocycles. The zero-order chi connectivity index (χ0) is 18.5. The summed E-state index contributed by atoms with van der Waals surface area (Å²) in [5.41, 5.74) is 2.98. The van der Waals surface area contributed by atoms with Crippen molar-refractivity contribution in [3.63, 3.8) is 0 Å². The number of amides is 1. The Morgan fingerprint density at radius 2 is 2.08 bits per heavy atom. The Hall–Kier alpha value is -2.47. The van der Waals surface area contributed by atoms with Crippen molar-refractivity contribution < 1.29 is 4.79 Å². The minimum absolute atomic E-state index is 0.230. The number of nitrogens with zero attached hydrogens (tertiary/aromatic N) is 1. The van der Waals surface area contributed by atoms with Gasteiger partial charge in [0.25, 0.3) is 11.5 Å². The number of hydrogen-bond acceptors (Lipinski definition) is 3. The SMILES string of the molecule is CSCCNC(=O)c1c(C)ccn(CCc2c[nH]c3ccccc23)c1=O. The van der Waals surface area contributed by atoms with Crippen molar-refractivity contribution in [2.45, 2.75) is 19.9 Å². The fourth-order valence-electron chi connectivity index (χ4n) is 3.05. The number of rotatable bonds is 7. The van der Waals surface area contributed by atoms with Gasteiger partial charge in [0.15, 0.2) is 0 Å². The Kier molecular flexibility index (Phi) is 5.83. The maximum Gasteiger partial charge on any atom is 0.263 e. The third-order valence-electron chi connectivity index (χ3n) is 4.49. The Morgan fingerprint density at radius 3 is 2.88 bits per heavy atom. The molecule has 0 saturated heterocycles. The number of H-pyrrole nitrogens is 1. The third kappa shape index (κ3) is 3.85. The molecule has 136 valence electrons. The summed E-state index contributed by atoms with van der Waals surface area (Å²) >= 11 is 1.66. The zero-order valence-electron chi connectivity index (χ0n) is 15.0. The van der Waals surface area contributed by atoms with Crippen LogP contribution < -0.4 is 10.9 Å². The summed E-state index contributed by atoms with van der Waals surface area (Å²) in [5.74, 6) is 0.537. The number of aromatic amines is 1. The zero-order valence-corrected chi connectivity index (χ0v) is 15.9. The summed E-state index contributed by atoms with van der Waals surface area (Å²) in [6.07, 6.45) is 6.46. The van der Waals surface area contributed by atoms with Crippen molar-refractivity contribution in [3.05, 3.63) is 69.8 Å². The monoisotopic (exact) mass is 369 g/mol. The van der Waals surface area contributed by atoms with Crippen LogP contribution in [0, 0.1) is 6.92 Å². The molecule has 3 aromatic rings. The second kappa shape index (κ2) is 8.27. The smallest absolute Gasteiger partial charge is 0.263 e. The lowest BCUT2D eigenvalue weighted by Crippen LogP contribution is -2.35. The van der Waals surface area contributed by atoms with Crippen molar-refractivity contribution in [1.82, 2.24) is 14.9 Å². The van der Waals surface area contributed by atoms with Crippen LogP contribution in [0.25, 0.3) is 10.9 Å². The predicted molar refractivity (Wildman–Crippen MR) is 108 cm³/mol. The van der Waals surface area contributed by atoms with Crippen molar-refractivity contribution in [1.29, 1.82) is 0 Å². The molecule has 0 fully saturated rings. The van der Waals surface area contributed by atoms with E-state index >= 15 is 0 Å². The summed E-state index contributed by atoms with van der Waals surface area (Å²) in [6.45, 7) is 2.89. The highest BCUT2D eigenvalue weighted by atomic mass is 32.2. The second-order valence-corrected chi connectivity index (χ2v) is 7.22. The number of aryl methyl sites for hydroxylation is 3. The minimum Gasteiger partial charge on any atom is -0.361 e. The molecule has 0 aliphatic rings. The molecule has 1 aromatic carbocycles. The van der Waals surface area contributed by atoms with Crippen LogP contribution in [-0.2, 0) is 13.0 Å². The Balaban J connectivity index is 1.79. The quantitative estimate of drug-likeness (QED) is 0.629. The Morgan fingerprint density at radius 1 is 1.27 bits per heavy atom. The molecule has 0 radical (unpaired) electrons. The Labute approximate surface area is 156 Å². The number of thioether (sulfide) groups is 1. The highest BCUT2D eigenvalue weighted by Crippen LogP contribution is 2.18. The van der Waals surface area contributed by atoms with Crippen LogP contribution in [0.2, 0.25) is 0 Å². The molecule has 2 N–H and O–H groups in total. The van der Waals surface area contributed by atoms with Crippen molar-refractivity contribution in [3.8, 4) is 0 Å². The standard InChI is InChI=1S/C20H23N3O2S/c1-14-7-10-23(20(25)18(14)19(24)21-9-12-26-2)11-8-15-13-22-17-6-4-3-5-16(15)17/h3-7,10,13,22H,8-9,11-12H2,1-2H3,(H,21,24). The lowest BCUT2D eigenvalue weighted by atomic mass is 10.1. The molecule has 0 atom stereocenters. The molecule has 0 unspecified atom stereocenters. The summed E-state index contributed by atoms with van der Waals surface area (Å²) < 4.78 is 1.62. The first-order chi connectivity index (χ1) is 12.6. The van der Waals surface area contributed by atoms with Gasteiger partial charge in [0.2, 0.25) is 0 Å². The first-order valence-electron chi connectivity index (χ1n) is 8.64. The number of carbonyl (C=O) groups excluding carboxylic acids is 1. The highest BCUT2D eigenvalue weighted by molar-refractivity contribution is 7.98. The number of hydrogen-bond donors (Lipinski definition) is 2. The van der Waals surface area contributed by atoms with E-state index in [1.54, 1.807) is 29.4 Å². The van der Waals surface area contributed by atoms with Gasteiger partial charge in [0.05, 0.1) is 0 Å². The molecule has 3 rings (SSSR count). The molecule has 5 nitrogen and oxygen atoms in total. The summed E-state index contributed by atoms with van der Waals surface area (Å²) in [4.78, 5) is 28.4. The summed E-state index contributed by atoms with van der Waals surface area (Å²) in [7, 11) is 0. The van der Waals surface area contributed by atoms with Gasteiger partial charge in [0.1, 0.15) is 5.56 Å². The van der Waals surface area contributed by atoms with E-state index in [0.717, 1.165) is 17.7 Å². The van der Waals surface area contributed by atoms with E-state index in [1.165, 1.54) is 10.9 Å². The fraction of sp³-hybridized carbons (Fsp3) is 0.300. The van der Waals surface area contributed by atoms with Crippen LogP contribution >= 0.6 is 11.8 Å². The molecule has 0 bridgehead atoms. The van der Waals surface area contributed by atoms with Crippen LogP contribution in [0.4, 0.5) is 0 Å². The predicted octanol–water partition coefficient (Wildman–Crippen LogP) is 2.97. The molecular formula is C20H23N3O2S. The van der Waals surface area contributed by atoms with Gasteiger partial charge < -0.3 is 14.9 Å². The van der Waals surface area contributed by atoms with Crippen LogP contribution in [-0.4, -0.2) is 34.0 Å². The van der Waals surface area contributed by atoms with Gasteiger partial charge in [-0.15, -0.1) is 0 Å². The first kappa shape index (κ1) is 18.3. The number of para-hydroxylation sites is 1. The van der Waals surface area contributed by atoms with Crippen LogP contribution in [0.1, 0.15) is 21.5 Å². The van der Waals surface area contributed by atoms with Gasteiger partial charge in [-0.3, -0.25) is 9.59 Å². The van der Waals surface area contributed by atoms with E-state index in [0.29, 0.717) is 18.7 Å². The molecule has 6 heteroatoms.